The Morgan fingerprint density at radius 1 is 0.935 bits per heavy atom. The number of fused-ring (bicyclic) bond motifs is 1. The summed E-state index contributed by atoms with van der Waals surface area (Å²) in [4.78, 5) is 16.9. The van der Waals surface area contributed by atoms with E-state index in [9.17, 15) is 4.79 Å². The highest BCUT2D eigenvalue weighted by molar-refractivity contribution is 6.31. The van der Waals surface area contributed by atoms with E-state index in [1.807, 2.05) is 55.5 Å². The summed E-state index contributed by atoms with van der Waals surface area (Å²) in [6, 6.07) is 16.8. The summed E-state index contributed by atoms with van der Waals surface area (Å²) in [6.07, 6.45) is 0. The van der Waals surface area contributed by atoms with Crippen molar-refractivity contribution in [1.29, 1.82) is 0 Å². The quantitative estimate of drug-likeness (QED) is 0.314. The Balaban J connectivity index is 1.50. The third kappa shape index (κ3) is 5.16. The molecule has 3 N–H and O–H groups in total. The van der Waals surface area contributed by atoms with Crippen molar-refractivity contribution in [1.82, 2.24) is 9.97 Å². The maximum absolute atomic E-state index is 11.4. The summed E-state index contributed by atoms with van der Waals surface area (Å²) in [5.74, 6) is 1.19. The fourth-order valence-electron chi connectivity index (χ4n) is 3.22. The second kappa shape index (κ2) is 9.37. The highest BCUT2D eigenvalue weighted by atomic mass is 35.5. The van der Waals surface area contributed by atoms with Crippen LogP contribution in [0.4, 0.5) is 5.69 Å². The van der Waals surface area contributed by atoms with Gasteiger partial charge >= 0.3 is 5.69 Å². The van der Waals surface area contributed by atoms with Crippen LogP contribution in [0.15, 0.2) is 59.4 Å². The highest BCUT2D eigenvalue weighted by Gasteiger charge is 2.12. The first-order chi connectivity index (χ1) is 15.0. The zero-order valence-electron chi connectivity index (χ0n) is 16.8. The van der Waals surface area contributed by atoms with Gasteiger partial charge in [-0.25, -0.2) is 4.79 Å². The van der Waals surface area contributed by atoms with Gasteiger partial charge in [0.05, 0.1) is 17.6 Å². The summed E-state index contributed by atoms with van der Waals surface area (Å²) in [5.41, 5.74) is 3.94. The van der Waals surface area contributed by atoms with Crippen LogP contribution in [0.5, 0.6) is 11.5 Å². The summed E-state index contributed by atoms with van der Waals surface area (Å²) in [7, 11) is 0. The predicted molar refractivity (Wildman–Crippen MR) is 125 cm³/mol. The standard InChI is InChI=1S/C23H21Cl2N3O3/c1-2-30-21-9-15(12-26-17-6-7-19-20(10-17)28-23(29)27-19)18(25)11-22(21)31-13-14-4-3-5-16(24)8-14/h3-11,26H,2,12-13H2,1H3,(H2,27,28,29). The summed E-state index contributed by atoms with van der Waals surface area (Å²) in [6.45, 7) is 3.25. The number of halogens is 2. The van der Waals surface area contributed by atoms with Gasteiger partial charge in [0.1, 0.15) is 6.61 Å². The maximum atomic E-state index is 11.4. The molecule has 3 aromatic carbocycles. The molecule has 0 spiro atoms. The summed E-state index contributed by atoms with van der Waals surface area (Å²) >= 11 is 12.6. The lowest BCUT2D eigenvalue weighted by molar-refractivity contribution is 0.269. The molecule has 0 unspecified atom stereocenters. The van der Waals surface area contributed by atoms with E-state index in [-0.39, 0.29) is 5.69 Å². The maximum Gasteiger partial charge on any atom is 0.323 e. The van der Waals surface area contributed by atoms with Crippen LogP contribution >= 0.6 is 23.2 Å². The molecule has 160 valence electrons. The molecular weight excluding hydrogens is 437 g/mol. The van der Waals surface area contributed by atoms with E-state index >= 15 is 0 Å². The van der Waals surface area contributed by atoms with Crippen molar-refractivity contribution in [2.45, 2.75) is 20.1 Å². The first kappa shape index (κ1) is 21.2. The Kier molecular flexibility index (Phi) is 6.39. The molecule has 8 heteroatoms. The molecular formula is C23H21Cl2N3O3. The van der Waals surface area contributed by atoms with Crippen LogP contribution in [0.2, 0.25) is 10.0 Å². The highest BCUT2D eigenvalue weighted by Crippen LogP contribution is 2.35. The molecule has 0 atom stereocenters. The van der Waals surface area contributed by atoms with Gasteiger partial charge in [-0.2, -0.15) is 0 Å². The number of benzene rings is 3. The van der Waals surface area contributed by atoms with Gasteiger partial charge in [-0.3, -0.25) is 0 Å². The lowest BCUT2D eigenvalue weighted by Gasteiger charge is -2.16. The molecule has 1 heterocycles. The number of anilines is 1. The van der Waals surface area contributed by atoms with Crippen LogP contribution in [0, 0.1) is 0 Å². The van der Waals surface area contributed by atoms with Crippen molar-refractivity contribution in [3.05, 3.63) is 86.3 Å². The normalized spacial score (nSPS) is 10.9. The molecule has 1 aromatic heterocycles. The fourth-order valence-corrected chi connectivity index (χ4v) is 3.65. The van der Waals surface area contributed by atoms with E-state index in [0.29, 0.717) is 41.3 Å². The van der Waals surface area contributed by atoms with E-state index in [2.05, 4.69) is 15.3 Å². The van der Waals surface area contributed by atoms with Gasteiger partial charge in [-0.05, 0) is 54.4 Å². The first-order valence-corrected chi connectivity index (χ1v) is 10.6. The number of ether oxygens (including phenoxy) is 2. The summed E-state index contributed by atoms with van der Waals surface area (Å²) < 4.78 is 11.7. The Morgan fingerprint density at radius 2 is 1.74 bits per heavy atom. The smallest absolute Gasteiger partial charge is 0.323 e. The van der Waals surface area contributed by atoms with Crippen molar-refractivity contribution in [3.8, 4) is 11.5 Å². The lowest BCUT2D eigenvalue weighted by Crippen LogP contribution is -2.04. The monoisotopic (exact) mass is 457 g/mol. The summed E-state index contributed by atoms with van der Waals surface area (Å²) in [5, 5.41) is 4.55. The van der Waals surface area contributed by atoms with E-state index in [1.54, 1.807) is 6.07 Å². The minimum atomic E-state index is -0.232. The van der Waals surface area contributed by atoms with Gasteiger partial charge in [-0.15, -0.1) is 0 Å². The predicted octanol–water partition coefficient (Wildman–Crippen LogP) is 5.75. The van der Waals surface area contributed by atoms with Gasteiger partial charge < -0.3 is 24.8 Å². The van der Waals surface area contributed by atoms with E-state index in [4.69, 9.17) is 32.7 Å². The second-order valence-electron chi connectivity index (χ2n) is 6.94. The average Bonchev–Trinajstić information content (AvgIpc) is 3.12. The minimum Gasteiger partial charge on any atom is -0.490 e. The molecule has 0 bridgehead atoms. The molecule has 0 saturated carbocycles. The Labute approximate surface area is 189 Å². The molecule has 0 fully saturated rings. The molecule has 0 aliphatic heterocycles. The number of aromatic amines is 2. The second-order valence-corrected chi connectivity index (χ2v) is 7.78. The molecule has 4 aromatic rings. The van der Waals surface area contributed by atoms with Crippen LogP contribution in [-0.2, 0) is 13.2 Å². The van der Waals surface area contributed by atoms with E-state index in [1.165, 1.54) is 0 Å². The fraction of sp³-hybridized carbons (Fsp3) is 0.174. The molecule has 0 aliphatic rings. The number of H-pyrrole nitrogens is 2. The molecule has 0 radical (unpaired) electrons. The molecule has 6 nitrogen and oxygen atoms in total. The van der Waals surface area contributed by atoms with Crippen molar-refractivity contribution >= 4 is 39.9 Å². The lowest BCUT2D eigenvalue weighted by atomic mass is 10.2. The van der Waals surface area contributed by atoms with Gasteiger partial charge in [0.25, 0.3) is 0 Å². The Hall–Kier alpha value is -3.09. The molecule has 0 saturated heterocycles. The topological polar surface area (TPSA) is 79.1 Å². The molecule has 0 amide bonds. The van der Waals surface area contributed by atoms with Crippen LogP contribution in [0.3, 0.4) is 0 Å². The number of aromatic nitrogens is 2. The van der Waals surface area contributed by atoms with Crippen LogP contribution < -0.4 is 20.5 Å². The van der Waals surface area contributed by atoms with E-state index < -0.39 is 0 Å². The zero-order chi connectivity index (χ0) is 21.8. The van der Waals surface area contributed by atoms with Crippen LogP contribution in [0.1, 0.15) is 18.1 Å². The molecule has 0 aliphatic carbocycles. The Morgan fingerprint density at radius 3 is 2.55 bits per heavy atom. The van der Waals surface area contributed by atoms with Gasteiger partial charge in [0.15, 0.2) is 11.5 Å². The van der Waals surface area contributed by atoms with Crippen molar-refractivity contribution < 1.29 is 9.47 Å². The number of nitrogens with one attached hydrogen (secondary N) is 3. The zero-order valence-corrected chi connectivity index (χ0v) is 18.3. The SMILES string of the molecule is CCOc1cc(CNc2ccc3[nH]c(=O)[nH]c3c2)c(Cl)cc1OCc1cccc(Cl)c1. The van der Waals surface area contributed by atoms with Crippen molar-refractivity contribution in [3.63, 3.8) is 0 Å². The molecule has 4 rings (SSSR count). The number of imidazole rings is 1. The van der Waals surface area contributed by atoms with E-state index in [0.717, 1.165) is 27.8 Å². The Bertz CT molecular complexity index is 1270. The number of hydrogen-bond donors (Lipinski definition) is 3. The van der Waals surface area contributed by atoms with Crippen molar-refractivity contribution in [2.24, 2.45) is 0 Å². The molecule has 31 heavy (non-hydrogen) atoms. The minimum absolute atomic E-state index is 0.232. The largest absolute Gasteiger partial charge is 0.490 e. The first-order valence-electron chi connectivity index (χ1n) is 9.80. The van der Waals surface area contributed by atoms with Gasteiger partial charge in [0.2, 0.25) is 0 Å². The van der Waals surface area contributed by atoms with Gasteiger partial charge in [-0.1, -0.05) is 35.3 Å². The van der Waals surface area contributed by atoms with Crippen LogP contribution in [-0.4, -0.2) is 16.6 Å². The van der Waals surface area contributed by atoms with Crippen LogP contribution in [0.25, 0.3) is 11.0 Å². The van der Waals surface area contributed by atoms with Crippen molar-refractivity contribution in [2.75, 3.05) is 11.9 Å². The average molecular weight is 458 g/mol. The number of hydrogen-bond acceptors (Lipinski definition) is 4. The van der Waals surface area contributed by atoms with Gasteiger partial charge in [0, 0.05) is 28.3 Å². The third-order valence-electron chi connectivity index (χ3n) is 4.69. The number of rotatable bonds is 8. The third-order valence-corrected chi connectivity index (χ3v) is 5.28.